The highest BCUT2D eigenvalue weighted by molar-refractivity contribution is 7.92. The molecule has 35 heavy (non-hydrogen) atoms. The number of anilines is 2. The topological polar surface area (TPSA) is 58.2 Å². The summed E-state index contributed by atoms with van der Waals surface area (Å²) in [6, 6.07) is 14.7. The molecule has 1 aliphatic carbocycles. The molecule has 0 aromatic heterocycles. The fourth-order valence-electron chi connectivity index (χ4n) is 4.98. The van der Waals surface area contributed by atoms with Crippen LogP contribution < -0.4 is 10.0 Å². The van der Waals surface area contributed by atoms with Crippen LogP contribution in [0.2, 0.25) is 5.02 Å². The highest BCUT2D eigenvalue weighted by Gasteiger charge is 2.42. The van der Waals surface area contributed by atoms with Gasteiger partial charge in [0.05, 0.1) is 22.2 Å². The van der Waals surface area contributed by atoms with Crippen LogP contribution in [0.1, 0.15) is 40.6 Å². The highest BCUT2D eigenvalue weighted by atomic mass is 35.5. The molecule has 0 saturated heterocycles. The van der Waals surface area contributed by atoms with E-state index in [1.165, 1.54) is 18.2 Å². The van der Waals surface area contributed by atoms with Gasteiger partial charge in [-0.15, -0.1) is 0 Å². The third kappa shape index (κ3) is 4.41. The number of allylic oxidation sites excluding steroid dienone is 2. The Balaban J connectivity index is 1.52. The Morgan fingerprint density at radius 3 is 2.57 bits per heavy atom. The van der Waals surface area contributed by atoms with Crippen LogP contribution in [-0.2, 0) is 16.2 Å². The maximum Gasteiger partial charge on any atom is 0.416 e. The maximum atomic E-state index is 13.7. The van der Waals surface area contributed by atoms with Crippen molar-refractivity contribution >= 4 is 33.0 Å². The zero-order chi connectivity index (χ0) is 25.0. The Kier molecular flexibility index (Phi) is 5.84. The van der Waals surface area contributed by atoms with Crippen LogP contribution >= 0.6 is 11.6 Å². The molecule has 1 aliphatic heterocycles. The van der Waals surface area contributed by atoms with Crippen LogP contribution in [0.15, 0.2) is 77.7 Å². The number of fused-ring (bicyclic) bond motifs is 3. The van der Waals surface area contributed by atoms with Crippen molar-refractivity contribution in [3.8, 4) is 0 Å². The van der Waals surface area contributed by atoms with Gasteiger partial charge >= 0.3 is 6.18 Å². The molecule has 0 fully saturated rings. The van der Waals surface area contributed by atoms with Crippen LogP contribution in [0.3, 0.4) is 0 Å². The summed E-state index contributed by atoms with van der Waals surface area (Å²) < 4.78 is 70.1. The van der Waals surface area contributed by atoms with E-state index in [4.69, 9.17) is 11.6 Å². The van der Waals surface area contributed by atoms with Gasteiger partial charge in [-0.2, -0.15) is 13.2 Å². The summed E-state index contributed by atoms with van der Waals surface area (Å²) in [7, 11) is -3.92. The normalized spacial score (nSPS) is 21.2. The van der Waals surface area contributed by atoms with E-state index in [1.807, 2.05) is 12.2 Å². The van der Waals surface area contributed by atoms with Gasteiger partial charge in [0.25, 0.3) is 10.0 Å². The number of alkyl halides is 3. The van der Waals surface area contributed by atoms with Gasteiger partial charge in [0.15, 0.2) is 0 Å². The first-order valence-electron chi connectivity index (χ1n) is 11.1. The molecule has 3 atom stereocenters. The number of aryl methyl sites for hydroxylation is 1. The van der Waals surface area contributed by atoms with E-state index in [2.05, 4.69) is 10.0 Å². The molecule has 182 valence electrons. The Labute approximate surface area is 206 Å². The smallest absolute Gasteiger partial charge is 0.378 e. The highest BCUT2D eigenvalue weighted by Crippen LogP contribution is 2.51. The molecule has 3 aromatic rings. The zero-order valence-corrected chi connectivity index (χ0v) is 20.2. The number of halogens is 4. The molecular formula is C26H22ClF3N2O2S. The molecule has 0 unspecified atom stereocenters. The lowest BCUT2D eigenvalue weighted by atomic mass is 9.76. The summed E-state index contributed by atoms with van der Waals surface area (Å²) in [6.07, 6.45) is 0.0234. The quantitative estimate of drug-likeness (QED) is 0.356. The minimum absolute atomic E-state index is 0.0746. The van der Waals surface area contributed by atoms with E-state index in [0.29, 0.717) is 22.8 Å². The maximum absolute atomic E-state index is 13.7. The Hall–Kier alpha value is -2.97. The lowest BCUT2D eigenvalue weighted by Gasteiger charge is -2.38. The Bertz CT molecular complexity index is 1440. The Morgan fingerprint density at radius 1 is 1.03 bits per heavy atom. The minimum Gasteiger partial charge on any atom is -0.378 e. The second-order valence-electron chi connectivity index (χ2n) is 8.87. The van der Waals surface area contributed by atoms with Gasteiger partial charge in [0.1, 0.15) is 0 Å². The van der Waals surface area contributed by atoms with Gasteiger partial charge in [-0.25, -0.2) is 8.42 Å². The van der Waals surface area contributed by atoms with Gasteiger partial charge in [-0.05, 0) is 72.4 Å². The van der Waals surface area contributed by atoms with Crippen molar-refractivity contribution in [3.63, 3.8) is 0 Å². The molecular weight excluding hydrogens is 497 g/mol. The first kappa shape index (κ1) is 23.8. The molecule has 2 aliphatic rings. The summed E-state index contributed by atoms with van der Waals surface area (Å²) in [5.74, 6) is -0.382. The van der Waals surface area contributed by atoms with Crippen molar-refractivity contribution in [2.45, 2.75) is 36.4 Å². The van der Waals surface area contributed by atoms with E-state index < -0.39 is 27.8 Å². The van der Waals surface area contributed by atoms with E-state index in [1.54, 1.807) is 43.3 Å². The number of hydrogen-bond acceptors (Lipinski definition) is 3. The van der Waals surface area contributed by atoms with E-state index >= 15 is 0 Å². The zero-order valence-electron chi connectivity index (χ0n) is 18.6. The molecule has 0 bridgehead atoms. The van der Waals surface area contributed by atoms with Crippen molar-refractivity contribution in [2.75, 3.05) is 10.0 Å². The fourth-order valence-corrected chi connectivity index (χ4v) is 6.31. The van der Waals surface area contributed by atoms with E-state index in [0.717, 1.165) is 17.2 Å². The number of hydrogen-bond donors (Lipinski definition) is 2. The number of sulfonamides is 1. The van der Waals surface area contributed by atoms with Gasteiger partial charge in [-0.3, -0.25) is 4.72 Å². The predicted molar refractivity (Wildman–Crippen MR) is 131 cm³/mol. The largest absolute Gasteiger partial charge is 0.416 e. The van der Waals surface area contributed by atoms with Crippen LogP contribution in [0, 0.1) is 12.8 Å². The summed E-state index contributed by atoms with van der Waals surface area (Å²) in [4.78, 5) is 0.0746. The molecule has 3 aromatic carbocycles. The third-order valence-corrected chi connectivity index (χ3v) is 8.29. The number of benzene rings is 3. The van der Waals surface area contributed by atoms with Crippen molar-refractivity contribution in [3.05, 3.63) is 100 Å². The molecule has 4 nitrogen and oxygen atoms in total. The first-order valence-corrected chi connectivity index (χ1v) is 12.9. The predicted octanol–water partition coefficient (Wildman–Crippen LogP) is 7.29. The van der Waals surface area contributed by atoms with Crippen LogP contribution in [0.5, 0.6) is 0 Å². The minimum atomic E-state index is -4.47. The summed E-state index contributed by atoms with van der Waals surface area (Å²) >= 11 is 6.03. The Morgan fingerprint density at radius 2 is 1.80 bits per heavy atom. The summed E-state index contributed by atoms with van der Waals surface area (Å²) in [6.45, 7) is 1.78. The van der Waals surface area contributed by atoms with Gasteiger partial charge in [0, 0.05) is 16.6 Å². The van der Waals surface area contributed by atoms with Gasteiger partial charge < -0.3 is 5.32 Å². The average molecular weight is 519 g/mol. The SMILES string of the molecule is Cc1ccc(Cl)cc1NS(=O)(=O)c1ccc2c(c1)[C@H]1C=CC[C@H]1[C@@H](c1ccccc1C(F)(F)F)N2. The lowest BCUT2D eigenvalue weighted by molar-refractivity contribution is -0.138. The molecule has 2 N–H and O–H groups in total. The fraction of sp³-hybridized carbons (Fsp3) is 0.231. The van der Waals surface area contributed by atoms with Crippen molar-refractivity contribution in [1.29, 1.82) is 0 Å². The molecule has 0 saturated carbocycles. The summed E-state index contributed by atoms with van der Waals surface area (Å²) in [5.41, 5.74) is 2.01. The van der Waals surface area contributed by atoms with Crippen molar-refractivity contribution < 1.29 is 21.6 Å². The van der Waals surface area contributed by atoms with Gasteiger partial charge in [-0.1, -0.05) is 48.0 Å². The third-order valence-electron chi connectivity index (χ3n) is 6.69. The van der Waals surface area contributed by atoms with Crippen LogP contribution in [0.25, 0.3) is 0 Å². The molecule has 1 heterocycles. The number of nitrogens with one attached hydrogen (secondary N) is 2. The molecule has 0 amide bonds. The van der Waals surface area contributed by atoms with E-state index in [-0.39, 0.29) is 22.3 Å². The molecule has 5 rings (SSSR count). The molecule has 9 heteroatoms. The van der Waals surface area contributed by atoms with Crippen molar-refractivity contribution in [1.82, 2.24) is 0 Å². The monoisotopic (exact) mass is 518 g/mol. The van der Waals surface area contributed by atoms with Gasteiger partial charge in [0.2, 0.25) is 0 Å². The molecule has 0 radical (unpaired) electrons. The first-order chi connectivity index (χ1) is 16.5. The molecule has 0 spiro atoms. The lowest BCUT2D eigenvalue weighted by Crippen LogP contribution is -2.31. The second kappa shape index (κ2) is 8.60. The second-order valence-corrected chi connectivity index (χ2v) is 11.0. The van der Waals surface area contributed by atoms with Crippen LogP contribution in [0.4, 0.5) is 24.5 Å². The van der Waals surface area contributed by atoms with E-state index in [9.17, 15) is 21.6 Å². The summed E-state index contributed by atoms with van der Waals surface area (Å²) in [5, 5.41) is 3.68. The average Bonchev–Trinajstić information content (AvgIpc) is 3.30. The number of rotatable bonds is 4. The van der Waals surface area contributed by atoms with Crippen molar-refractivity contribution in [2.24, 2.45) is 5.92 Å². The van der Waals surface area contributed by atoms with Crippen LogP contribution in [-0.4, -0.2) is 8.42 Å². The standard InChI is InChI=1S/C26H22ClF3N2O2S/c1-15-9-10-16(27)13-24(15)32-35(33,34)17-11-12-23-21(14-17)18-6-4-7-19(18)25(31-23)20-5-2-3-8-22(20)26(28,29)30/h2-6,8-14,18-19,25,31-32H,7H2,1H3/t18-,19+,25-/m0/s1.